The molecule has 0 aliphatic heterocycles. The standard InChI is InChI=1S/C15H24N2O2S/c1-15(2,3)12-11(13(18)19)20-14(16-12)17(4)10-8-6-5-7-9-10/h10H,5-9H2,1-4H3,(H,18,19). The molecule has 1 aliphatic rings. The summed E-state index contributed by atoms with van der Waals surface area (Å²) in [7, 11) is 2.05. The van der Waals surface area contributed by atoms with Crippen LogP contribution in [-0.4, -0.2) is 29.1 Å². The maximum Gasteiger partial charge on any atom is 0.347 e. The third-order valence-corrected chi connectivity index (χ3v) is 5.08. The van der Waals surface area contributed by atoms with Crippen LogP contribution in [0.15, 0.2) is 0 Å². The van der Waals surface area contributed by atoms with Crippen LogP contribution in [0.25, 0.3) is 0 Å². The van der Waals surface area contributed by atoms with Crippen molar-refractivity contribution < 1.29 is 9.90 Å². The number of aromatic carboxylic acids is 1. The average molecular weight is 296 g/mol. The number of aromatic nitrogens is 1. The molecular weight excluding hydrogens is 272 g/mol. The molecule has 0 radical (unpaired) electrons. The van der Waals surface area contributed by atoms with Gasteiger partial charge in [0.2, 0.25) is 0 Å². The van der Waals surface area contributed by atoms with Crippen molar-refractivity contribution in [3.05, 3.63) is 10.6 Å². The fourth-order valence-electron chi connectivity index (χ4n) is 2.74. The molecule has 0 amide bonds. The molecule has 1 N–H and O–H groups in total. The Balaban J connectivity index is 2.30. The number of carboxylic acid groups (broad SMARTS) is 1. The summed E-state index contributed by atoms with van der Waals surface area (Å²) < 4.78 is 0. The van der Waals surface area contributed by atoms with Crippen LogP contribution in [0.5, 0.6) is 0 Å². The predicted molar refractivity (Wildman–Crippen MR) is 83.0 cm³/mol. The van der Waals surface area contributed by atoms with Crippen LogP contribution in [0.2, 0.25) is 0 Å². The zero-order chi connectivity index (χ0) is 14.9. The van der Waals surface area contributed by atoms with E-state index in [0.717, 1.165) is 5.13 Å². The van der Waals surface area contributed by atoms with E-state index in [1.807, 2.05) is 27.8 Å². The zero-order valence-corrected chi connectivity index (χ0v) is 13.6. The molecule has 4 nitrogen and oxygen atoms in total. The van der Waals surface area contributed by atoms with Gasteiger partial charge in [-0.05, 0) is 12.8 Å². The number of rotatable bonds is 3. The molecule has 1 fully saturated rings. The molecule has 5 heteroatoms. The van der Waals surface area contributed by atoms with Crippen LogP contribution >= 0.6 is 11.3 Å². The van der Waals surface area contributed by atoms with Gasteiger partial charge in [0.25, 0.3) is 0 Å². The molecule has 0 saturated heterocycles. The molecule has 1 aromatic rings. The summed E-state index contributed by atoms with van der Waals surface area (Å²) in [5.74, 6) is -0.865. The molecule has 20 heavy (non-hydrogen) atoms. The lowest BCUT2D eigenvalue weighted by atomic mass is 9.91. The fraction of sp³-hybridized carbons (Fsp3) is 0.733. The predicted octanol–water partition coefficient (Wildman–Crippen LogP) is 3.91. The highest BCUT2D eigenvalue weighted by Crippen LogP contribution is 2.35. The number of thiazole rings is 1. The van der Waals surface area contributed by atoms with Gasteiger partial charge in [-0.25, -0.2) is 9.78 Å². The molecule has 0 atom stereocenters. The van der Waals surface area contributed by atoms with Crippen LogP contribution in [-0.2, 0) is 5.41 Å². The summed E-state index contributed by atoms with van der Waals surface area (Å²) in [5.41, 5.74) is 0.461. The third-order valence-electron chi connectivity index (χ3n) is 3.94. The van der Waals surface area contributed by atoms with E-state index >= 15 is 0 Å². The summed E-state index contributed by atoms with van der Waals surface area (Å²) >= 11 is 1.31. The molecule has 0 unspecified atom stereocenters. The van der Waals surface area contributed by atoms with Crippen molar-refractivity contribution in [1.82, 2.24) is 4.98 Å². The van der Waals surface area contributed by atoms with Gasteiger partial charge in [-0.15, -0.1) is 0 Å². The molecule has 112 valence electrons. The number of nitrogens with zero attached hydrogens (tertiary/aromatic N) is 2. The van der Waals surface area contributed by atoms with Gasteiger partial charge < -0.3 is 10.0 Å². The van der Waals surface area contributed by atoms with Gasteiger partial charge in [-0.2, -0.15) is 0 Å². The van der Waals surface area contributed by atoms with Crippen molar-refractivity contribution in [2.75, 3.05) is 11.9 Å². The molecule has 1 aliphatic carbocycles. The first kappa shape index (κ1) is 15.3. The normalized spacial score (nSPS) is 17.2. The van der Waals surface area contributed by atoms with Crippen molar-refractivity contribution in [1.29, 1.82) is 0 Å². The number of hydrogen-bond donors (Lipinski definition) is 1. The monoisotopic (exact) mass is 296 g/mol. The lowest BCUT2D eigenvalue weighted by Gasteiger charge is -2.31. The Morgan fingerprint density at radius 3 is 2.35 bits per heavy atom. The largest absolute Gasteiger partial charge is 0.477 e. The zero-order valence-electron chi connectivity index (χ0n) is 12.8. The van der Waals surface area contributed by atoms with Gasteiger partial charge in [0.15, 0.2) is 5.13 Å². The molecular formula is C15H24N2O2S. The van der Waals surface area contributed by atoms with Crippen molar-refractivity contribution in [2.45, 2.75) is 64.3 Å². The quantitative estimate of drug-likeness (QED) is 0.919. The van der Waals surface area contributed by atoms with E-state index in [1.165, 1.54) is 43.4 Å². The molecule has 1 saturated carbocycles. The first-order valence-corrected chi connectivity index (χ1v) is 8.10. The second-order valence-electron chi connectivity index (χ2n) is 6.63. The van der Waals surface area contributed by atoms with Crippen LogP contribution < -0.4 is 4.90 Å². The Bertz CT molecular complexity index is 485. The Morgan fingerprint density at radius 2 is 1.90 bits per heavy atom. The fourth-order valence-corrected chi connectivity index (χ4v) is 3.89. The topological polar surface area (TPSA) is 53.4 Å². The average Bonchev–Trinajstić information content (AvgIpc) is 2.84. The number of hydrogen-bond acceptors (Lipinski definition) is 4. The van der Waals surface area contributed by atoms with E-state index in [0.29, 0.717) is 16.6 Å². The lowest BCUT2D eigenvalue weighted by molar-refractivity contribution is 0.0699. The van der Waals surface area contributed by atoms with Crippen LogP contribution in [0.1, 0.15) is 68.2 Å². The Hall–Kier alpha value is -1.10. The van der Waals surface area contributed by atoms with Crippen molar-refractivity contribution >= 4 is 22.4 Å². The number of carbonyl (C=O) groups is 1. The highest BCUT2D eigenvalue weighted by atomic mass is 32.1. The van der Waals surface area contributed by atoms with Gasteiger partial charge in [-0.3, -0.25) is 0 Å². The summed E-state index contributed by atoms with van der Waals surface area (Å²) in [4.78, 5) is 18.6. The number of anilines is 1. The second kappa shape index (κ2) is 5.72. The van der Waals surface area contributed by atoms with Gasteiger partial charge in [-0.1, -0.05) is 51.4 Å². The van der Waals surface area contributed by atoms with Crippen LogP contribution in [0.4, 0.5) is 5.13 Å². The van der Waals surface area contributed by atoms with E-state index in [-0.39, 0.29) is 5.41 Å². The molecule has 0 spiro atoms. The minimum absolute atomic E-state index is 0.240. The van der Waals surface area contributed by atoms with Gasteiger partial charge in [0.05, 0.1) is 5.69 Å². The molecule has 0 aromatic carbocycles. The Labute approximate surface area is 124 Å². The van der Waals surface area contributed by atoms with E-state index in [4.69, 9.17) is 0 Å². The highest BCUT2D eigenvalue weighted by Gasteiger charge is 2.29. The first-order chi connectivity index (χ1) is 9.30. The van der Waals surface area contributed by atoms with E-state index in [9.17, 15) is 9.90 Å². The van der Waals surface area contributed by atoms with Crippen LogP contribution in [0, 0.1) is 0 Å². The summed E-state index contributed by atoms with van der Waals surface area (Å²) in [6.45, 7) is 6.04. The van der Waals surface area contributed by atoms with E-state index < -0.39 is 5.97 Å². The maximum atomic E-state index is 11.4. The summed E-state index contributed by atoms with van der Waals surface area (Å²) in [6, 6.07) is 0.504. The maximum absolute atomic E-state index is 11.4. The molecule has 1 heterocycles. The van der Waals surface area contributed by atoms with Crippen molar-refractivity contribution in [3.63, 3.8) is 0 Å². The first-order valence-electron chi connectivity index (χ1n) is 7.28. The third kappa shape index (κ3) is 3.14. The van der Waals surface area contributed by atoms with Crippen molar-refractivity contribution in [3.8, 4) is 0 Å². The minimum atomic E-state index is -0.865. The smallest absolute Gasteiger partial charge is 0.347 e. The molecule has 1 aromatic heterocycles. The highest BCUT2D eigenvalue weighted by molar-refractivity contribution is 7.17. The summed E-state index contributed by atoms with van der Waals surface area (Å²) in [5, 5.41) is 10.2. The van der Waals surface area contributed by atoms with Gasteiger partial charge in [0.1, 0.15) is 4.88 Å². The lowest BCUT2D eigenvalue weighted by Crippen LogP contribution is -2.33. The Morgan fingerprint density at radius 1 is 1.30 bits per heavy atom. The minimum Gasteiger partial charge on any atom is -0.477 e. The van der Waals surface area contributed by atoms with Gasteiger partial charge in [0, 0.05) is 18.5 Å². The Kier molecular flexibility index (Phi) is 4.37. The van der Waals surface area contributed by atoms with Crippen molar-refractivity contribution in [2.24, 2.45) is 0 Å². The summed E-state index contributed by atoms with van der Waals surface area (Å²) in [6.07, 6.45) is 6.21. The van der Waals surface area contributed by atoms with E-state index in [2.05, 4.69) is 9.88 Å². The van der Waals surface area contributed by atoms with E-state index in [1.54, 1.807) is 0 Å². The van der Waals surface area contributed by atoms with Gasteiger partial charge >= 0.3 is 5.97 Å². The van der Waals surface area contributed by atoms with Crippen LogP contribution in [0.3, 0.4) is 0 Å². The second-order valence-corrected chi connectivity index (χ2v) is 7.61. The molecule has 2 rings (SSSR count). The molecule has 0 bridgehead atoms. The SMILES string of the molecule is CN(c1nc(C(C)(C)C)c(C(=O)O)s1)C1CCCCC1. The number of carboxylic acids is 1.